The summed E-state index contributed by atoms with van der Waals surface area (Å²) in [4.78, 5) is 8.97. The molecule has 0 saturated carbocycles. The molecule has 1 aromatic rings. The van der Waals surface area contributed by atoms with Crippen LogP contribution in [0.1, 0.15) is 5.82 Å². The lowest BCUT2D eigenvalue weighted by molar-refractivity contribution is 0.0869. The van der Waals surface area contributed by atoms with Crippen LogP contribution in [-0.4, -0.2) is 70.4 Å². The van der Waals surface area contributed by atoms with E-state index in [4.69, 9.17) is 5.84 Å². The van der Waals surface area contributed by atoms with Gasteiger partial charge in [-0.1, -0.05) is 0 Å². The molecule has 0 aliphatic carbocycles. The van der Waals surface area contributed by atoms with Gasteiger partial charge in [-0.3, -0.25) is 20.9 Å². The van der Waals surface area contributed by atoms with Gasteiger partial charge in [0.25, 0.3) is 0 Å². The van der Waals surface area contributed by atoms with Crippen molar-refractivity contribution in [2.24, 2.45) is 12.9 Å². The van der Waals surface area contributed by atoms with Gasteiger partial charge in [0.15, 0.2) is 0 Å². The molecule has 2 rings (SSSR count). The molecule has 0 radical (unpaired) electrons. The molecule has 2 atom stereocenters. The molecule has 1 aliphatic rings. The number of nitrogens with two attached hydrogens (primary N) is 1. The van der Waals surface area contributed by atoms with Crippen LogP contribution < -0.4 is 11.3 Å². The van der Waals surface area contributed by atoms with Crippen LogP contribution in [0.3, 0.4) is 0 Å². The van der Waals surface area contributed by atoms with Crippen LogP contribution in [-0.2, 0) is 13.5 Å². The summed E-state index contributed by atoms with van der Waals surface area (Å²) in [6, 6.07) is 0.575. The number of likely N-dealkylation sites (N-methyl/N-ethyl adjacent to an activating group) is 2. The summed E-state index contributed by atoms with van der Waals surface area (Å²) < 4.78 is 1.80. The highest BCUT2D eigenvalue weighted by Crippen LogP contribution is 2.12. The minimum atomic E-state index is 0.181. The maximum Gasteiger partial charge on any atom is 0.138 e. The zero-order valence-corrected chi connectivity index (χ0v) is 11.4. The van der Waals surface area contributed by atoms with Gasteiger partial charge in [-0.15, -0.1) is 0 Å². The van der Waals surface area contributed by atoms with Crippen molar-refractivity contribution in [3.63, 3.8) is 0 Å². The van der Waals surface area contributed by atoms with Crippen LogP contribution in [0.5, 0.6) is 0 Å². The third-order valence-electron chi connectivity index (χ3n) is 3.79. The van der Waals surface area contributed by atoms with Crippen LogP contribution in [0, 0.1) is 0 Å². The zero-order chi connectivity index (χ0) is 13.1. The van der Waals surface area contributed by atoms with Gasteiger partial charge in [0.1, 0.15) is 12.2 Å². The molecule has 102 valence electrons. The molecule has 1 aliphatic heterocycles. The van der Waals surface area contributed by atoms with Crippen molar-refractivity contribution >= 4 is 0 Å². The fourth-order valence-corrected chi connectivity index (χ4v) is 2.49. The fourth-order valence-electron chi connectivity index (χ4n) is 2.49. The number of aromatic nitrogens is 3. The highest BCUT2D eigenvalue weighted by Gasteiger charge is 2.30. The molecule has 7 heteroatoms. The Morgan fingerprint density at radius 3 is 2.83 bits per heavy atom. The van der Waals surface area contributed by atoms with Gasteiger partial charge >= 0.3 is 0 Å². The Morgan fingerprint density at radius 2 is 2.22 bits per heavy atom. The van der Waals surface area contributed by atoms with Gasteiger partial charge in [0.2, 0.25) is 0 Å². The molecule has 0 amide bonds. The van der Waals surface area contributed by atoms with Crippen molar-refractivity contribution in [3.8, 4) is 0 Å². The molecule has 2 unspecified atom stereocenters. The number of hydrogen-bond acceptors (Lipinski definition) is 6. The highest BCUT2D eigenvalue weighted by atomic mass is 15.3. The predicted molar refractivity (Wildman–Crippen MR) is 69.7 cm³/mol. The molecule has 0 spiro atoms. The van der Waals surface area contributed by atoms with E-state index in [0.717, 1.165) is 31.9 Å². The Morgan fingerprint density at radius 1 is 1.44 bits per heavy atom. The van der Waals surface area contributed by atoms with Crippen molar-refractivity contribution in [3.05, 3.63) is 12.2 Å². The number of hydrazine groups is 1. The molecule has 1 fully saturated rings. The second-order valence-corrected chi connectivity index (χ2v) is 5.09. The molecular weight excluding hydrogens is 230 g/mol. The topological polar surface area (TPSA) is 75.2 Å². The number of piperazine rings is 1. The molecular formula is C11H23N7. The van der Waals surface area contributed by atoms with Gasteiger partial charge in [-0.25, -0.2) is 4.98 Å². The highest BCUT2D eigenvalue weighted by molar-refractivity contribution is 4.96. The summed E-state index contributed by atoms with van der Waals surface area (Å²) in [5.41, 5.74) is 2.94. The molecule has 0 aromatic carbocycles. The minimum Gasteiger partial charge on any atom is -0.303 e. The quantitative estimate of drug-likeness (QED) is 0.499. The number of nitrogens with one attached hydrogen (secondary N) is 1. The first-order valence-electron chi connectivity index (χ1n) is 6.29. The van der Waals surface area contributed by atoms with Crippen LogP contribution in [0.15, 0.2) is 6.33 Å². The van der Waals surface area contributed by atoms with Crippen molar-refractivity contribution in [2.45, 2.75) is 18.5 Å². The van der Waals surface area contributed by atoms with E-state index < -0.39 is 0 Å². The summed E-state index contributed by atoms with van der Waals surface area (Å²) in [6.07, 6.45) is 2.37. The first kappa shape index (κ1) is 13.4. The van der Waals surface area contributed by atoms with E-state index in [2.05, 4.69) is 39.4 Å². The van der Waals surface area contributed by atoms with Gasteiger partial charge in [-0.05, 0) is 14.1 Å². The fraction of sp³-hybridized carbons (Fsp3) is 0.818. The molecule has 1 aromatic heterocycles. The molecule has 0 bridgehead atoms. The number of rotatable bonds is 4. The summed E-state index contributed by atoms with van der Waals surface area (Å²) >= 11 is 0. The van der Waals surface area contributed by atoms with E-state index in [1.54, 1.807) is 11.0 Å². The van der Waals surface area contributed by atoms with E-state index in [1.165, 1.54) is 0 Å². The van der Waals surface area contributed by atoms with Gasteiger partial charge in [0.05, 0.1) is 0 Å². The first-order valence-corrected chi connectivity index (χ1v) is 6.29. The molecule has 2 heterocycles. The van der Waals surface area contributed by atoms with E-state index in [1.807, 2.05) is 7.05 Å². The van der Waals surface area contributed by atoms with Crippen molar-refractivity contribution in [2.75, 3.05) is 33.7 Å². The lowest BCUT2D eigenvalue weighted by Gasteiger charge is -2.41. The Labute approximate surface area is 108 Å². The third kappa shape index (κ3) is 2.86. The second kappa shape index (κ2) is 5.75. The van der Waals surface area contributed by atoms with Gasteiger partial charge in [0, 0.05) is 45.2 Å². The smallest absolute Gasteiger partial charge is 0.138 e. The molecule has 18 heavy (non-hydrogen) atoms. The van der Waals surface area contributed by atoms with Crippen molar-refractivity contribution in [1.82, 2.24) is 30.0 Å². The summed E-state index contributed by atoms with van der Waals surface area (Å²) in [5.74, 6) is 6.68. The third-order valence-corrected chi connectivity index (χ3v) is 3.79. The van der Waals surface area contributed by atoms with Gasteiger partial charge < -0.3 is 4.90 Å². The lowest BCUT2D eigenvalue weighted by Crippen LogP contribution is -2.60. The van der Waals surface area contributed by atoms with Gasteiger partial charge in [-0.2, -0.15) is 5.10 Å². The van der Waals surface area contributed by atoms with Crippen LogP contribution in [0.25, 0.3) is 0 Å². The van der Waals surface area contributed by atoms with E-state index in [-0.39, 0.29) is 6.04 Å². The number of aryl methyl sites for hydroxylation is 1. The minimum absolute atomic E-state index is 0.181. The SMILES string of the molecule is CN1CCN(C)C(C(Cc2ncnn2C)NN)C1. The molecule has 7 nitrogen and oxygen atoms in total. The van der Waals surface area contributed by atoms with Crippen LogP contribution in [0.4, 0.5) is 0 Å². The van der Waals surface area contributed by atoms with E-state index in [9.17, 15) is 0 Å². The zero-order valence-electron chi connectivity index (χ0n) is 11.4. The summed E-state index contributed by atoms with van der Waals surface area (Å²) in [6.45, 7) is 3.19. The standard InChI is InChI=1S/C11H23N7/c1-16-4-5-17(2)10(7-16)9(15-12)6-11-13-8-14-18(11)3/h8-10,15H,4-7,12H2,1-3H3. The average molecular weight is 253 g/mol. The lowest BCUT2D eigenvalue weighted by atomic mass is 10.0. The number of nitrogens with zero attached hydrogens (tertiary/aromatic N) is 5. The molecule has 1 saturated heterocycles. The normalized spacial score (nSPS) is 24.3. The van der Waals surface area contributed by atoms with E-state index in [0.29, 0.717) is 6.04 Å². The maximum absolute atomic E-state index is 5.73. The number of hydrogen-bond donors (Lipinski definition) is 2. The summed E-state index contributed by atoms with van der Waals surface area (Å²) in [7, 11) is 6.21. The van der Waals surface area contributed by atoms with Crippen LogP contribution in [0.2, 0.25) is 0 Å². The van der Waals surface area contributed by atoms with Crippen LogP contribution >= 0.6 is 0 Å². The average Bonchev–Trinajstić information content (AvgIpc) is 2.75. The predicted octanol–water partition coefficient (Wildman–Crippen LogP) is -1.56. The second-order valence-electron chi connectivity index (χ2n) is 5.09. The van der Waals surface area contributed by atoms with E-state index >= 15 is 0 Å². The van der Waals surface area contributed by atoms with Crippen molar-refractivity contribution in [1.29, 1.82) is 0 Å². The Hall–Kier alpha value is -1.02. The Bertz CT molecular complexity index is 377. The Kier molecular flexibility index (Phi) is 4.28. The summed E-state index contributed by atoms with van der Waals surface area (Å²) in [5, 5.41) is 4.10. The largest absolute Gasteiger partial charge is 0.303 e. The first-order chi connectivity index (χ1) is 8.61. The monoisotopic (exact) mass is 253 g/mol. The van der Waals surface area contributed by atoms with Crippen molar-refractivity contribution < 1.29 is 0 Å². The molecule has 3 N–H and O–H groups in total. The maximum atomic E-state index is 5.73. The Balaban J connectivity index is 2.05.